The lowest BCUT2D eigenvalue weighted by Gasteiger charge is -2.37. The van der Waals surface area contributed by atoms with E-state index in [0.717, 1.165) is 6.42 Å². The highest BCUT2D eigenvalue weighted by Gasteiger charge is 2.31. The van der Waals surface area contributed by atoms with Gasteiger partial charge in [-0.05, 0) is 22.8 Å². The summed E-state index contributed by atoms with van der Waals surface area (Å²) in [5, 5.41) is 0. The molecule has 0 spiro atoms. The first kappa shape index (κ1) is 15.1. The highest BCUT2D eigenvalue weighted by atomic mass is 14.4. The largest absolute Gasteiger partial charge is 0.0639 e. The van der Waals surface area contributed by atoms with Crippen molar-refractivity contribution in [2.45, 2.75) is 53.9 Å². The van der Waals surface area contributed by atoms with Gasteiger partial charge < -0.3 is 0 Å². The smallest absolute Gasteiger partial charge is 0.00940 e. The average Bonchev–Trinajstić information content (AvgIpc) is 2.37. The Balaban J connectivity index is 2.45. The summed E-state index contributed by atoms with van der Waals surface area (Å²) in [5.74, 6) is 0.524. The van der Waals surface area contributed by atoms with Crippen LogP contribution in [0.15, 0.2) is 53.6 Å². The predicted octanol–water partition coefficient (Wildman–Crippen LogP) is 6.12. The molecule has 0 bridgehead atoms. The van der Waals surface area contributed by atoms with Crippen molar-refractivity contribution in [1.29, 1.82) is 0 Å². The van der Waals surface area contributed by atoms with Crippen LogP contribution >= 0.6 is 0 Å². The zero-order chi connectivity index (χ0) is 15.0. The summed E-state index contributed by atoms with van der Waals surface area (Å²) in [5.41, 5.74) is 5.03. The van der Waals surface area contributed by atoms with Crippen LogP contribution in [0.5, 0.6) is 0 Å². The van der Waals surface area contributed by atoms with Crippen LogP contribution in [0.3, 0.4) is 0 Å². The van der Waals surface area contributed by atoms with E-state index in [0.29, 0.717) is 5.92 Å². The standard InChI is InChI=1S/C20H28/c1-19(2,3)16-12-13-18(20(4,5)6)17(14-16)15-10-8-7-9-11-15/h7-13,17H,14H2,1-6H3. The Labute approximate surface area is 124 Å². The molecular formula is C20H28. The number of rotatable bonds is 1. The second-order valence-electron chi connectivity index (χ2n) is 7.98. The van der Waals surface area contributed by atoms with Crippen LogP contribution in [0.1, 0.15) is 59.4 Å². The third kappa shape index (κ3) is 3.23. The van der Waals surface area contributed by atoms with Gasteiger partial charge in [-0.25, -0.2) is 0 Å². The molecule has 108 valence electrons. The zero-order valence-corrected chi connectivity index (χ0v) is 13.8. The van der Waals surface area contributed by atoms with E-state index in [1.807, 2.05) is 0 Å². The Morgan fingerprint density at radius 2 is 1.40 bits per heavy atom. The molecule has 1 aliphatic rings. The van der Waals surface area contributed by atoms with Crippen LogP contribution in [0, 0.1) is 10.8 Å². The molecule has 0 radical (unpaired) electrons. The fourth-order valence-corrected chi connectivity index (χ4v) is 3.02. The summed E-state index contributed by atoms with van der Waals surface area (Å²) < 4.78 is 0. The topological polar surface area (TPSA) is 0 Å². The van der Waals surface area contributed by atoms with Gasteiger partial charge in [-0.1, -0.05) is 95.2 Å². The van der Waals surface area contributed by atoms with Gasteiger partial charge in [0.25, 0.3) is 0 Å². The monoisotopic (exact) mass is 268 g/mol. The molecule has 1 aliphatic carbocycles. The molecule has 1 aromatic carbocycles. The van der Waals surface area contributed by atoms with E-state index in [-0.39, 0.29) is 10.8 Å². The molecule has 0 heteroatoms. The van der Waals surface area contributed by atoms with Gasteiger partial charge in [0.2, 0.25) is 0 Å². The van der Waals surface area contributed by atoms with Crippen molar-refractivity contribution in [2.75, 3.05) is 0 Å². The van der Waals surface area contributed by atoms with Crippen molar-refractivity contribution >= 4 is 0 Å². The fourth-order valence-electron chi connectivity index (χ4n) is 3.02. The van der Waals surface area contributed by atoms with Gasteiger partial charge in [-0.2, -0.15) is 0 Å². The maximum Gasteiger partial charge on any atom is 0.00940 e. The summed E-state index contributed by atoms with van der Waals surface area (Å²) in [4.78, 5) is 0. The van der Waals surface area contributed by atoms with Crippen LogP contribution in [0.25, 0.3) is 0 Å². The first-order chi connectivity index (χ1) is 9.19. The first-order valence-corrected chi connectivity index (χ1v) is 7.66. The summed E-state index contributed by atoms with van der Waals surface area (Å²) in [6, 6.07) is 11.0. The predicted molar refractivity (Wildman–Crippen MR) is 88.9 cm³/mol. The molecule has 0 aromatic heterocycles. The SMILES string of the molecule is CC(C)(C)C1=CC=C(C(C)(C)C)C(c2ccccc2)C1. The lowest BCUT2D eigenvalue weighted by molar-refractivity contribution is 0.424. The molecule has 0 heterocycles. The van der Waals surface area contributed by atoms with Crippen molar-refractivity contribution in [3.8, 4) is 0 Å². The second-order valence-corrected chi connectivity index (χ2v) is 7.98. The van der Waals surface area contributed by atoms with Crippen molar-refractivity contribution in [3.63, 3.8) is 0 Å². The van der Waals surface area contributed by atoms with Crippen LogP contribution in [-0.2, 0) is 0 Å². The molecule has 2 rings (SSSR count). The highest BCUT2D eigenvalue weighted by molar-refractivity contribution is 5.41. The Kier molecular flexibility index (Phi) is 3.95. The fraction of sp³-hybridized carbons (Fsp3) is 0.500. The number of allylic oxidation sites excluding steroid dienone is 4. The van der Waals surface area contributed by atoms with E-state index in [1.54, 1.807) is 11.1 Å². The zero-order valence-electron chi connectivity index (χ0n) is 13.8. The molecular weight excluding hydrogens is 240 g/mol. The van der Waals surface area contributed by atoms with Gasteiger partial charge in [-0.15, -0.1) is 0 Å². The maximum absolute atomic E-state index is 2.38. The van der Waals surface area contributed by atoms with Crippen molar-refractivity contribution in [2.24, 2.45) is 10.8 Å². The van der Waals surface area contributed by atoms with Crippen molar-refractivity contribution in [3.05, 3.63) is 59.2 Å². The highest BCUT2D eigenvalue weighted by Crippen LogP contribution is 2.46. The summed E-state index contributed by atoms with van der Waals surface area (Å²) in [6.07, 6.45) is 5.89. The maximum atomic E-state index is 2.38. The molecule has 0 saturated heterocycles. The molecule has 20 heavy (non-hydrogen) atoms. The lowest BCUT2D eigenvalue weighted by atomic mass is 9.68. The van der Waals surface area contributed by atoms with Gasteiger partial charge in [0.05, 0.1) is 0 Å². The van der Waals surface area contributed by atoms with Crippen molar-refractivity contribution < 1.29 is 0 Å². The summed E-state index contributed by atoms with van der Waals surface area (Å²) >= 11 is 0. The summed E-state index contributed by atoms with van der Waals surface area (Å²) in [7, 11) is 0. The quantitative estimate of drug-likeness (QED) is 0.575. The molecule has 0 amide bonds. The minimum Gasteiger partial charge on any atom is -0.0639 e. The van der Waals surface area contributed by atoms with Gasteiger partial charge >= 0.3 is 0 Å². The normalized spacial score (nSPS) is 20.4. The van der Waals surface area contributed by atoms with E-state index >= 15 is 0 Å². The van der Waals surface area contributed by atoms with Gasteiger partial charge in [0.15, 0.2) is 0 Å². The molecule has 1 atom stereocenters. The van der Waals surface area contributed by atoms with Crippen LogP contribution in [0.2, 0.25) is 0 Å². The second kappa shape index (κ2) is 5.24. The third-order valence-electron chi connectivity index (χ3n) is 4.29. The minimum absolute atomic E-state index is 0.223. The van der Waals surface area contributed by atoms with Gasteiger partial charge in [0.1, 0.15) is 0 Å². The Morgan fingerprint density at radius 1 is 0.800 bits per heavy atom. The van der Waals surface area contributed by atoms with Gasteiger partial charge in [-0.3, -0.25) is 0 Å². The Morgan fingerprint density at radius 3 is 1.90 bits per heavy atom. The average molecular weight is 268 g/mol. The van der Waals surface area contributed by atoms with E-state index in [2.05, 4.69) is 84.0 Å². The van der Waals surface area contributed by atoms with Gasteiger partial charge in [0, 0.05) is 5.92 Å². The molecule has 1 aromatic rings. The summed E-state index contributed by atoms with van der Waals surface area (Å²) in [6.45, 7) is 13.9. The van der Waals surface area contributed by atoms with E-state index in [1.165, 1.54) is 5.56 Å². The van der Waals surface area contributed by atoms with Crippen LogP contribution < -0.4 is 0 Å². The molecule has 0 nitrogen and oxygen atoms in total. The number of hydrogen-bond acceptors (Lipinski definition) is 0. The number of benzene rings is 1. The molecule has 0 saturated carbocycles. The van der Waals surface area contributed by atoms with E-state index in [4.69, 9.17) is 0 Å². The van der Waals surface area contributed by atoms with Crippen molar-refractivity contribution in [1.82, 2.24) is 0 Å². The molecule has 1 unspecified atom stereocenters. The van der Waals surface area contributed by atoms with Crippen LogP contribution in [0.4, 0.5) is 0 Å². The van der Waals surface area contributed by atoms with E-state index < -0.39 is 0 Å². The molecule has 0 aliphatic heterocycles. The first-order valence-electron chi connectivity index (χ1n) is 7.66. The van der Waals surface area contributed by atoms with E-state index in [9.17, 15) is 0 Å². The van der Waals surface area contributed by atoms with Crippen LogP contribution in [-0.4, -0.2) is 0 Å². The minimum atomic E-state index is 0.223. The molecule has 0 N–H and O–H groups in total. The third-order valence-corrected chi connectivity index (χ3v) is 4.29. The molecule has 0 fully saturated rings. The number of hydrogen-bond donors (Lipinski definition) is 0. The lowest BCUT2D eigenvalue weighted by Crippen LogP contribution is -2.22. The Bertz CT molecular complexity index is 515. The Hall–Kier alpha value is -1.30.